The summed E-state index contributed by atoms with van der Waals surface area (Å²) in [5.41, 5.74) is 2.40. The largest absolute Gasteiger partial charge is 0.496 e. The lowest BCUT2D eigenvalue weighted by Gasteiger charge is -2.11. The molecule has 0 atom stereocenters. The third kappa shape index (κ3) is 3.39. The average molecular weight is 357 g/mol. The molecule has 0 aliphatic carbocycles. The Labute approximate surface area is 138 Å². The summed E-state index contributed by atoms with van der Waals surface area (Å²) in [4.78, 5) is 4.50. The van der Waals surface area contributed by atoms with Crippen molar-refractivity contribution in [1.82, 2.24) is 9.55 Å². The van der Waals surface area contributed by atoms with Crippen LogP contribution in [-0.2, 0) is 13.0 Å². The Morgan fingerprint density at radius 1 is 1.09 bits per heavy atom. The van der Waals surface area contributed by atoms with Crippen molar-refractivity contribution >= 4 is 15.9 Å². The van der Waals surface area contributed by atoms with E-state index in [4.69, 9.17) is 4.74 Å². The molecule has 0 radical (unpaired) electrons. The number of para-hydroxylation sites is 1. The van der Waals surface area contributed by atoms with E-state index in [0.717, 1.165) is 34.6 Å². The molecule has 1 heterocycles. The summed E-state index contributed by atoms with van der Waals surface area (Å²) >= 11 is 3.46. The van der Waals surface area contributed by atoms with Gasteiger partial charge >= 0.3 is 0 Å². The summed E-state index contributed by atoms with van der Waals surface area (Å²) in [6, 6.07) is 16.4. The zero-order valence-corrected chi connectivity index (χ0v) is 14.0. The molecule has 3 aromatic rings. The van der Waals surface area contributed by atoms with Crippen molar-refractivity contribution in [1.29, 1.82) is 0 Å². The van der Waals surface area contributed by atoms with Gasteiger partial charge in [0.05, 0.1) is 7.11 Å². The van der Waals surface area contributed by atoms with E-state index in [1.165, 1.54) is 5.56 Å². The number of ether oxygens (including phenoxy) is 1. The van der Waals surface area contributed by atoms with E-state index in [1.54, 1.807) is 7.11 Å². The smallest absolute Gasteiger partial charge is 0.122 e. The maximum Gasteiger partial charge on any atom is 0.122 e. The molecule has 0 N–H and O–H groups in total. The molecule has 3 nitrogen and oxygen atoms in total. The lowest BCUT2D eigenvalue weighted by Crippen LogP contribution is -2.05. The van der Waals surface area contributed by atoms with Crippen LogP contribution in [0.4, 0.5) is 0 Å². The van der Waals surface area contributed by atoms with E-state index >= 15 is 0 Å². The second-order valence-electron chi connectivity index (χ2n) is 5.09. The Bertz CT molecular complexity index is 750. The Balaban J connectivity index is 1.81. The molecule has 2 aromatic carbocycles. The minimum absolute atomic E-state index is 0.757. The molecule has 0 aliphatic heterocycles. The van der Waals surface area contributed by atoms with Crippen LogP contribution >= 0.6 is 15.9 Å². The standard InChI is InChI=1S/C18H17BrN2O/c1-22-17-5-3-2-4-15(17)12-18-20-10-11-21(18)13-14-6-8-16(19)9-7-14/h2-11H,12-13H2,1H3. The normalized spacial score (nSPS) is 10.6. The van der Waals surface area contributed by atoms with Crippen LogP contribution < -0.4 is 4.74 Å². The average Bonchev–Trinajstić information content (AvgIpc) is 2.97. The quantitative estimate of drug-likeness (QED) is 0.681. The molecule has 4 heteroatoms. The number of rotatable bonds is 5. The van der Waals surface area contributed by atoms with Crippen molar-refractivity contribution in [3.63, 3.8) is 0 Å². The predicted octanol–water partition coefficient (Wildman–Crippen LogP) is 4.29. The first-order chi connectivity index (χ1) is 10.8. The zero-order chi connectivity index (χ0) is 15.4. The van der Waals surface area contributed by atoms with Gasteiger partial charge in [0.25, 0.3) is 0 Å². The molecule has 3 rings (SSSR count). The Morgan fingerprint density at radius 2 is 1.86 bits per heavy atom. The van der Waals surface area contributed by atoms with Crippen molar-refractivity contribution in [2.45, 2.75) is 13.0 Å². The predicted molar refractivity (Wildman–Crippen MR) is 91.3 cm³/mol. The van der Waals surface area contributed by atoms with Crippen LogP contribution in [0.3, 0.4) is 0 Å². The first-order valence-electron chi connectivity index (χ1n) is 7.12. The van der Waals surface area contributed by atoms with E-state index in [2.05, 4.69) is 55.8 Å². The maximum atomic E-state index is 5.42. The third-order valence-electron chi connectivity index (χ3n) is 3.61. The number of imidazole rings is 1. The molecular weight excluding hydrogens is 340 g/mol. The van der Waals surface area contributed by atoms with Crippen LogP contribution in [-0.4, -0.2) is 16.7 Å². The fraction of sp³-hybridized carbons (Fsp3) is 0.167. The van der Waals surface area contributed by atoms with E-state index in [-0.39, 0.29) is 0 Å². The molecule has 0 amide bonds. The lowest BCUT2D eigenvalue weighted by molar-refractivity contribution is 0.410. The highest BCUT2D eigenvalue weighted by Crippen LogP contribution is 2.21. The van der Waals surface area contributed by atoms with E-state index in [1.807, 2.05) is 30.6 Å². The monoisotopic (exact) mass is 356 g/mol. The van der Waals surface area contributed by atoms with Gasteiger partial charge in [-0.25, -0.2) is 4.98 Å². The van der Waals surface area contributed by atoms with Gasteiger partial charge in [-0.2, -0.15) is 0 Å². The Hall–Kier alpha value is -2.07. The van der Waals surface area contributed by atoms with E-state index in [9.17, 15) is 0 Å². The second kappa shape index (κ2) is 6.79. The molecule has 0 saturated carbocycles. The molecule has 0 aliphatic rings. The fourth-order valence-electron chi connectivity index (χ4n) is 2.46. The van der Waals surface area contributed by atoms with Crippen molar-refractivity contribution in [2.75, 3.05) is 7.11 Å². The summed E-state index contributed by atoms with van der Waals surface area (Å²) in [6.07, 6.45) is 4.63. The first kappa shape index (κ1) is 14.9. The zero-order valence-electron chi connectivity index (χ0n) is 12.4. The van der Waals surface area contributed by atoms with Crippen molar-refractivity contribution in [3.8, 4) is 5.75 Å². The SMILES string of the molecule is COc1ccccc1Cc1nccn1Cc1ccc(Br)cc1. The highest BCUT2D eigenvalue weighted by molar-refractivity contribution is 9.10. The number of hydrogen-bond donors (Lipinski definition) is 0. The van der Waals surface area contributed by atoms with Gasteiger partial charge in [-0.05, 0) is 23.8 Å². The molecule has 112 valence electrons. The highest BCUT2D eigenvalue weighted by Gasteiger charge is 2.08. The van der Waals surface area contributed by atoms with Crippen molar-refractivity contribution in [2.24, 2.45) is 0 Å². The molecule has 1 aromatic heterocycles. The molecule has 0 fully saturated rings. The topological polar surface area (TPSA) is 27.1 Å². The van der Waals surface area contributed by atoms with Gasteiger partial charge in [0.1, 0.15) is 11.6 Å². The van der Waals surface area contributed by atoms with Crippen LogP contribution in [0, 0.1) is 0 Å². The summed E-state index contributed by atoms with van der Waals surface area (Å²) in [7, 11) is 1.70. The Kier molecular flexibility index (Phi) is 4.59. The fourth-order valence-corrected chi connectivity index (χ4v) is 2.72. The third-order valence-corrected chi connectivity index (χ3v) is 4.14. The summed E-state index contributed by atoms with van der Waals surface area (Å²) in [5.74, 6) is 1.94. The van der Waals surface area contributed by atoms with Crippen LogP contribution in [0.1, 0.15) is 17.0 Å². The summed E-state index contributed by atoms with van der Waals surface area (Å²) in [5, 5.41) is 0. The Morgan fingerprint density at radius 3 is 2.64 bits per heavy atom. The molecule has 0 bridgehead atoms. The number of aromatic nitrogens is 2. The van der Waals surface area contributed by atoms with Crippen molar-refractivity contribution in [3.05, 3.63) is 82.3 Å². The van der Waals surface area contributed by atoms with Gasteiger partial charge in [0.2, 0.25) is 0 Å². The van der Waals surface area contributed by atoms with Crippen molar-refractivity contribution < 1.29 is 4.74 Å². The van der Waals surface area contributed by atoms with Gasteiger partial charge in [0, 0.05) is 35.4 Å². The van der Waals surface area contributed by atoms with Gasteiger partial charge in [0.15, 0.2) is 0 Å². The van der Waals surface area contributed by atoms with Crippen LogP contribution in [0.2, 0.25) is 0 Å². The highest BCUT2D eigenvalue weighted by atomic mass is 79.9. The van der Waals surface area contributed by atoms with Crippen LogP contribution in [0.25, 0.3) is 0 Å². The molecule has 0 saturated heterocycles. The summed E-state index contributed by atoms with van der Waals surface area (Å²) in [6.45, 7) is 0.817. The van der Waals surface area contributed by atoms with E-state index < -0.39 is 0 Å². The molecule has 0 spiro atoms. The van der Waals surface area contributed by atoms with Crippen LogP contribution in [0.5, 0.6) is 5.75 Å². The number of nitrogens with zero attached hydrogens (tertiary/aromatic N) is 2. The lowest BCUT2D eigenvalue weighted by atomic mass is 10.1. The maximum absolute atomic E-state index is 5.42. The summed E-state index contributed by atoms with van der Waals surface area (Å²) < 4.78 is 8.69. The number of halogens is 1. The number of benzene rings is 2. The van der Waals surface area contributed by atoms with E-state index in [0.29, 0.717) is 0 Å². The first-order valence-corrected chi connectivity index (χ1v) is 7.92. The van der Waals surface area contributed by atoms with Gasteiger partial charge < -0.3 is 9.30 Å². The van der Waals surface area contributed by atoms with Crippen LogP contribution in [0.15, 0.2) is 65.4 Å². The minimum atomic E-state index is 0.757. The number of hydrogen-bond acceptors (Lipinski definition) is 2. The molecule has 22 heavy (non-hydrogen) atoms. The van der Waals surface area contributed by atoms with Gasteiger partial charge in [-0.15, -0.1) is 0 Å². The minimum Gasteiger partial charge on any atom is -0.496 e. The molecule has 0 unspecified atom stereocenters. The molecular formula is C18H17BrN2O. The number of methoxy groups -OCH3 is 1. The van der Waals surface area contributed by atoms with Gasteiger partial charge in [-0.1, -0.05) is 46.3 Å². The van der Waals surface area contributed by atoms with Gasteiger partial charge in [-0.3, -0.25) is 0 Å². The second-order valence-corrected chi connectivity index (χ2v) is 6.00.